The summed E-state index contributed by atoms with van der Waals surface area (Å²) in [5.41, 5.74) is 7.64. The maximum atomic E-state index is 6.06. The van der Waals surface area contributed by atoms with Crippen molar-refractivity contribution in [1.82, 2.24) is 0 Å². The highest BCUT2D eigenvalue weighted by atomic mass is 32.1. The molecule has 0 aliphatic heterocycles. The Balaban J connectivity index is 2.32. The highest BCUT2D eigenvalue weighted by molar-refractivity contribution is 7.10. The molecule has 1 aromatic heterocycles. The van der Waals surface area contributed by atoms with Crippen molar-refractivity contribution in [2.45, 2.75) is 31.7 Å². The predicted octanol–water partition coefficient (Wildman–Crippen LogP) is 1.95. The number of thiophene rings is 1. The Labute approximate surface area is 71.2 Å². The first-order chi connectivity index (χ1) is 5.17. The Morgan fingerprint density at radius 2 is 2.45 bits per heavy atom. The van der Waals surface area contributed by atoms with Crippen molar-refractivity contribution in [2.75, 3.05) is 0 Å². The minimum atomic E-state index is 0.0534. The molecule has 1 heterocycles. The molecule has 2 N–H and O–H groups in total. The maximum Gasteiger partial charge on any atom is 0.0177 e. The van der Waals surface area contributed by atoms with Crippen LogP contribution in [0.15, 0.2) is 11.4 Å². The molecule has 1 aromatic rings. The van der Waals surface area contributed by atoms with Gasteiger partial charge in [-0.25, -0.2) is 0 Å². The SMILES string of the molecule is CC1(N)CCc2ccsc2C1. The average molecular weight is 167 g/mol. The minimum Gasteiger partial charge on any atom is -0.325 e. The van der Waals surface area contributed by atoms with Crippen LogP contribution < -0.4 is 5.73 Å². The van der Waals surface area contributed by atoms with Crippen LogP contribution in [0.5, 0.6) is 0 Å². The van der Waals surface area contributed by atoms with Gasteiger partial charge in [0.2, 0.25) is 0 Å². The van der Waals surface area contributed by atoms with E-state index in [-0.39, 0.29) is 5.54 Å². The van der Waals surface area contributed by atoms with Gasteiger partial charge in [-0.05, 0) is 43.2 Å². The van der Waals surface area contributed by atoms with E-state index in [1.807, 2.05) is 11.3 Å². The van der Waals surface area contributed by atoms with Crippen LogP contribution in [-0.4, -0.2) is 5.54 Å². The maximum absolute atomic E-state index is 6.06. The molecule has 0 saturated heterocycles. The van der Waals surface area contributed by atoms with Crippen molar-refractivity contribution in [3.63, 3.8) is 0 Å². The van der Waals surface area contributed by atoms with Gasteiger partial charge in [0.05, 0.1) is 0 Å². The molecule has 0 radical (unpaired) electrons. The lowest BCUT2D eigenvalue weighted by Crippen LogP contribution is -2.41. The summed E-state index contributed by atoms with van der Waals surface area (Å²) in [4.78, 5) is 1.50. The summed E-state index contributed by atoms with van der Waals surface area (Å²) in [6.07, 6.45) is 3.38. The number of aryl methyl sites for hydroxylation is 1. The van der Waals surface area contributed by atoms with Gasteiger partial charge >= 0.3 is 0 Å². The van der Waals surface area contributed by atoms with Crippen molar-refractivity contribution in [1.29, 1.82) is 0 Å². The number of rotatable bonds is 0. The third-order valence-electron chi connectivity index (χ3n) is 2.37. The molecule has 1 nitrogen and oxygen atoms in total. The van der Waals surface area contributed by atoms with Crippen molar-refractivity contribution < 1.29 is 0 Å². The van der Waals surface area contributed by atoms with Gasteiger partial charge in [0.25, 0.3) is 0 Å². The third kappa shape index (κ3) is 1.33. The van der Waals surface area contributed by atoms with E-state index >= 15 is 0 Å². The summed E-state index contributed by atoms with van der Waals surface area (Å²) in [5, 5.41) is 2.17. The molecule has 1 unspecified atom stereocenters. The smallest absolute Gasteiger partial charge is 0.0177 e. The van der Waals surface area contributed by atoms with Crippen molar-refractivity contribution in [2.24, 2.45) is 5.73 Å². The predicted molar refractivity (Wildman–Crippen MR) is 48.9 cm³/mol. The van der Waals surface area contributed by atoms with Crippen LogP contribution in [0.25, 0.3) is 0 Å². The van der Waals surface area contributed by atoms with Gasteiger partial charge in [0, 0.05) is 10.4 Å². The number of hydrogen-bond donors (Lipinski definition) is 1. The summed E-state index contributed by atoms with van der Waals surface area (Å²) >= 11 is 1.85. The minimum absolute atomic E-state index is 0.0534. The largest absolute Gasteiger partial charge is 0.325 e. The van der Waals surface area contributed by atoms with E-state index in [9.17, 15) is 0 Å². The summed E-state index contributed by atoms with van der Waals surface area (Å²) in [7, 11) is 0. The molecule has 1 aliphatic rings. The monoisotopic (exact) mass is 167 g/mol. The van der Waals surface area contributed by atoms with E-state index in [2.05, 4.69) is 18.4 Å². The summed E-state index contributed by atoms with van der Waals surface area (Å²) in [6.45, 7) is 2.15. The lowest BCUT2D eigenvalue weighted by Gasteiger charge is -2.28. The van der Waals surface area contributed by atoms with Gasteiger partial charge in [-0.1, -0.05) is 0 Å². The number of fused-ring (bicyclic) bond motifs is 1. The second-order valence-electron chi connectivity index (χ2n) is 3.70. The average Bonchev–Trinajstić information content (AvgIpc) is 2.31. The van der Waals surface area contributed by atoms with Crippen LogP contribution in [0.3, 0.4) is 0 Å². The first-order valence-electron chi connectivity index (χ1n) is 4.01. The quantitative estimate of drug-likeness (QED) is 0.628. The molecule has 0 spiro atoms. The summed E-state index contributed by atoms with van der Waals surface area (Å²) in [5.74, 6) is 0. The standard InChI is InChI=1S/C9H13NS/c1-9(10)4-2-7-3-5-11-8(7)6-9/h3,5H,2,4,6,10H2,1H3. The van der Waals surface area contributed by atoms with Gasteiger partial charge in [-0.3, -0.25) is 0 Å². The molecule has 0 aromatic carbocycles. The lowest BCUT2D eigenvalue weighted by atomic mass is 9.84. The van der Waals surface area contributed by atoms with Crippen LogP contribution in [-0.2, 0) is 12.8 Å². The zero-order valence-corrected chi connectivity index (χ0v) is 7.58. The van der Waals surface area contributed by atoms with Crippen LogP contribution in [0.2, 0.25) is 0 Å². The molecule has 0 bridgehead atoms. The van der Waals surface area contributed by atoms with Gasteiger partial charge in [0.15, 0.2) is 0 Å². The Morgan fingerprint density at radius 1 is 1.64 bits per heavy atom. The summed E-state index contributed by atoms with van der Waals surface area (Å²) < 4.78 is 0. The molecule has 0 fully saturated rings. The Kier molecular flexibility index (Phi) is 1.55. The fraction of sp³-hybridized carbons (Fsp3) is 0.556. The second kappa shape index (κ2) is 2.32. The molecule has 60 valence electrons. The number of hydrogen-bond acceptors (Lipinski definition) is 2. The Morgan fingerprint density at radius 3 is 3.27 bits per heavy atom. The van der Waals surface area contributed by atoms with E-state index in [4.69, 9.17) is 5.73 Å². The van der Waals surface area contributed by atoms with Crippen LogP contribution in [0.4, 0.5) is 0 Å². The van der Waals surface area contributed by atoms with E-state index in [0.29, 0.717) is 0 Å². The second-order valence-corrected chi connectivity index (χ2v) is 4.70. The van der Waals surface area contributed by atoms with Gasteiger partial charge in [0.1, 0.15) is 0 Å². The van der Waals surface area contributed by atoms with E-state index in [1.165, 1.54) is 16.9 Å². The normalized spacial score (nSPS) is 30.0. The van der Waals surface area contributed by atoms with Gasteiger partial charge in [-0.2, -0.15) is 0 Å². The highest BCUT2D eigenvalue weighted by Crippen LogP contribution is 2.30. The van der Waals surface area contributed by atoms with Crippen molar-refractivity contribution in [3.05, 3.63) is 21.9 Å². The van der Waals surface area contributed by atoms with Gasteiger partial charge in [-0.15, -0.1) is 11.3 Å². The molecule has 11 heavy (non-hydrogen) atoms. The van der Waals surface area contributed by atoms with E-state index < -0.39 is 0 Å². The first kappa shape index (κ1) is 7.32. The highest BCUT2D eigenvalue weighted by Gasteiger charge is 2.25. The van der Waals surface area contributed by atoms with E-state index in [1.54, 1.807) is 0 Å². The zero-order valence-electron chi connectivity index (χ0n) is 6.76. The van der Waals surface area contributed by atoms with Crippen LogP contribution >= 0.6 is 11.3 Å². The van der Waals surface area contributed by atoms with Crippen LogP contribution in [0, 0.1) is 0 Å². The third-order valence-corrected chi connectivity index (χ3v) is 3.33. The molecule has 1 aliphatic carbocycles. The molecular formula is C9H13NS. The Bertz CT molecular complexity index is 262. The molecule has 0 amide bonds. The van der Waals surface area contributed by atoms with E-state index in [0.717, 1.165) is 12.8 Å². The fourth-order valence-electron chi connectivity index (χ4n) is 1.62. The molecule has 0 saturated carbocycles. The Hall–Kier alpha value is -0.340. The first-order valence-corrected chi connectivity index (χ1v) is 4.89. The van der Waals surface area contributed by atoms with Crippen LogP contribution in [0.1, 0.15) is 23.8 Å². The van der Waals surface area contributed by atoms with Crippen molar-refractivity contribution in [3.8, 4) is 0 Å². The number of nitrogens with two attached hydrogens (primary N) is 1. The lowest BCUT2D eigenvalue weighted by molar-refractivity contribution is 0.413. The summed E-state index contributed by atoms with van der Waals surface area (Å²) in [6, 6.07) is 2.23. The molecule has 1 atom stereocenters. The zero-order chi connectivity index (χ0) is 7.90. The van der Waals surface area contributed by atoms with Crippen molar-refractivity contribution >= 4 is 11.3 Å². The topological polar surface area (TPSA) is 26.0 Å². The molecule has 2 rings (SSSR count). The molecular weight excluding hydrogens is 154 g/mol. The fourth-order valence-corrected chi connectivity index (χ4v) is 2.75. The van der Waals surface area contributed by atoms with Gasteiger partial charge < -0.3 is 5.73 Å². The molecule has 2 heteroatoms.